The summed E-state index contributed by atoms with van der Waals surface area (Å²) in [5.74, 6) is 0.444. The Bertz CT molecular complexity index is 809. The van der Waals surface area contributed by atoms with Crippen LogP contribution in [0.1, 0.15) is 13.8 Å². The largest absolute Gasteiger partial charge is 0.495 e. The van der Waals surface area contributed by atoms with Crippen LogP contribution < -0.4 is 19.5 Å². The van der Waals surface area contributed by atoms with E-state index < -0.39 is 18.0 Å². The van der Waals surface area contributed by atoms with Crippen molar-refractivity contribution in [3.63, 3.8) is 0 Å². The van der Waals surface area contributed by atoms with Crippen molar-refractivity contribution in [2.45, 2.75) is 20.0 Å². The van der Waals surface area contributed by atoms with Crippen LogP contribution >= 0.6 is 11.6 Å². The molecule has 0 heterocycles. The Kier molecular flexibility index (Phi) is 7.95. The molecule has 1 atom stereocenters. The van der Waals surface area contributed by atoms with Gasteiger partial charge in [0, 0.05) is 5.02 Å². The van der Waals surface area contributed by atoms with E-state index >= 15 is 0 Å². The summed E-state index contributed by atoms with van der Waals surface area (Å²) in [5, 5.41) is 3.05. The molecule has 0 spiro atoms. The topological polar surface area (TPSA) is 83.1 Å². The molecular weight excluding hydrogens is 386 g/mol. The lowest BCUT2D eigenvalue weighted by Crippen LogP contribution is -2.31. The van der Waals surface area contributed by atoms with Crippen molar-refractivity contribution in [3.05, 3.63) is 47.5 Å². The smallest absolute Gasteiger partial charge is 0.344 e. The van der Waals surface area contributed by atoms with Gasteiger partial charge in [-0.15, -0.1) is 0 Å². The van der Waals surface area contributed by atoms with Crippen LogP contribution in [0, 0.1) is 0 Å². The van der Waals surface area contributed by atoms with Crippen molar-refractivity contribution < 1.29 is 28.5 Å². The molecule has 0 saturated heterocycles. The zero-order valence-corrected chi connectivity index (χ0v) is 16.6. The van der Waals surface area contributed by atoms with Gasteiger partial charge >= 0.3 is 5.97 Å². The number of nitrogens with one attached hydrogen (secondary N) is 1. The third kappa shape index (κ3) is 6.35. The zero-order valence-electron chi connectivity index (χ0n) is 15.9. The van der Waals surface area contributed by atoms with Gasteiger partial charge in [-0.25, -0.2) is 4.79 Å². The third-order valence-corrected chi connectivity index (χ3v) is 3.82. The molecule has 0 fully saturated rings. The van der Waals surface area contributed by atoms with E-state index in [2.05, 4.69) is 5.32 Å². The number of ether oxygens (including phenoxy) is 4. The number of carbonyl (C=O) groups is 2. The quantitative estimate of drug-likeness (QED) is 0.638. The molecule has 1 N–H and O–H groups in total. The first-order valence-corrected chi connectivity index (χ1v) is 9.00. The summed E-state index contributed by atoms with van der Waals surface area (Å²) in [5.41, 5.74) is 0.383. The lowest BCUT2D eigenvalue weighted by atomic mass is 10.2. The Hall–Kier alpha value is -2.93. The first-order chi connectivity index (χ1) is 13.4. The number of anilines is 1. The molecule has 28 heavy (non-hydrogen) atoms. The lowest BCUT2D eigenvalue weighted by Gasteiger charge is -2.15. The maximum atomic E-state index is 12.3. The monoisotopic (exact) mass is 407 g/mol. The fraction of sp³-hybridized carbons (Fsp3) is 0.300. The number of hydrogen-bond donors (Lipinski definition) is 1. The van der Waals surface area contributed by atoms with Crippen molar-refractivity contribution in [1.82, 2.24) is 0 Å². The second-order valence-electron chi connectivity index (χ2n) is 5.66. The summed E-state index contributed by atoms with van der Waals surface area (Å²) in [6, 6.07) is 11.6. The second kappa shape index (κ2) is 10.4. The van der Waals surface area contributed by atoms with Crippen LogP contribution in [0.2, 0.25) is 5.02 Å². The number of amides is 1. The average Bonchev–Trinajstić information content (AvgIpc) is 2.68. The van der Waals surface area contributed by atoms with E-state index in [4.69, 9.17) is 30.5 Å². The average molecular weight is 408 g/mol. The van der Waals surface area contributed by atoms with Gasteiger partial charge in [0.2, 0.25) is 0 Å². The molecule has 1 amide bonds. The van der Waals surface area contributed by atoms with Crippen LogP contribution in [0.4, 0.5) is 5.69 Å². The summed E-state index contributed by atoms with van der Waals surface area (Å²) in [4.78, 5) is 24.2. The Morgan fingerprint density at radius 1 is 1.07 bits per heavy atom. The molecule has 0 saturated carbocycles. The standard InChI is InChI=1S/C20H22ClNO6/c1-4-26-15-6-8-16(9-7-15)27-12-19(23)28-13(2)20(24)22-17-11-14(21)5-10-18(17)25-3/h5-11,13H,4,12H2,1-3H3,(H,22,24)/t13-/m1/s1. The molecule has 8 heteroatoms. The molecule has 0 aliphatic rings. The summed E-state index contributed by atoms with van der Waals surface area (Å²) in [6.07, 6.45) is -1.03. The van der Waals surface area contributed by atoms with Crippen LogP contribution in [0.5, 0.6) is 17.2 Å². The summed E-state index contributed by atoms with van der Waals surface area (Å²) >= 11 is 5.93. The van der Waals surface area contributed by atoms with Gasteiger partial charge in [-0.2, -0.15) is 0 Å². The van der Waals surface area contributed by atoms with E-state index in [0.717, 1.165) is 0 Å². The fourth-order valence-corrected chi connectivity index (χ4v) is 2.41. The van der Waals surface area contributed by atoms with Crippen molar-refractivity contribution >= 4 is 29.2 Å². The van der Waals surface area contributed by atoms with E-state index in [1.807, 2.05) is 6.92 Å². The van der Waals surface area contributed by atoms with Gasteiger partial charge in [-0.3, -0.25) is 4.79 Å². The predicted molar refractivity (Wildman–Crippen MR) is 105 cm³/mol. The minimum atomic E-state index is -1.03. The Balaban J connectivity index is 1.84. The Morgan fingerprint density at radius 2 is 1.71 bits per heavy atom. The molecule has 2 aromatic carbocycles. The van der Waals surface area contributed by atoms with E-state index in [1.54, 1.807) is 42.5 Å². The van der Waals surface area contributed by atoms with E-state index in [9.17, 15) is 9.59 Å². The maximum absolute atomic E-state index is 12.3. The first-order valence-electron chi connectivity index (χ1n) is 8.62. The van der Waals surface area contributed by atoms with Gasteiger partial charge in [0.1, 0.15) is 17.2 Å². The highest BCUT2D eigenvalue weighted by molar-refractivity contribution is 6.31. The normalized spacial score (nSPS) is 11.3. The van der Waals surface area contributed by atoms with Gasteiger partial charge in [0.15, 0.2) is 12.7 Å². The van der Waals surface area contributed by atoms with Gasteiger partial charge in [-0.1, -0.05) is 11.6 Å². The molecule has 0 aliphatic carbocycles. The Labute approximate surface area is 168 Å². The van der Waals surface area contributed by atoms with Gasteiger partial charge < -0.3 is 24.3 Å². The van der Waals surface area contributed by atoms with Crippen molar-refractivity contribution in [3.8, 4) is 17.2 Å². The van der Waals surface area contributed by atoms with Gasteiger partial charge in [0.25, 0.3) is 5.91 Å². The summed E-state index contributed by atoms with van der Waals surface area (Å²) in [7, 11) is 1.47. The van der Waals surface area contributed by atoms with Gasteiger partial charge in [-0.05, 0) is 56.3 Å². The Morgan fingerprint density at radius 3 is 2.32 bits per heavy atom. The van der Waals surface area contributed by atoms with Crippen molar-refractivity contribution in [1.29, 1.82) is 0 Å². The minimum absolute atomic E-state index is 0.327. The number of esters is 1. The molecule has 2 rings (SSSR count). The van der Waals surface area contributed by atoms with Crippen LogP contribution in [0.3, 0.4) is 0 Å². The van der Waals surface area contributed by atoms with Crippen molar-refractivity contribution in [2.75, 3.05) is 25.6 Å². The van der Waals surface area contributed by atoms with E-state index in [0.29, 0.717) is 34.6 Å². The molecule has 2 aromatic rings. The molecule has 7 nitrogen and oxygen atoms in total. The molecular formula is C20H22ClNO6. The van der Waals surface area contributed by atoms with Gasteiger partial charge in [0.05, 0.1) is 19.4 Å². The van der Waals surface area contributed by atoms with Crippen LogP contribution in [-0.2, 0) is 14.3 Å². The summed E-state index contributed by atoms with van der Waals surface area (Å²) in [6.45, 7) is 3.58. The predicted octanol–water partition coefficient (Wildman–Crippen LogP) is 3.70. The number of carbonyl (C=O) groups excluding carboxylic acids is 2. The lowest BCUT2D eigenvalue weighted by molar-refractivity contribution is -0.155. The second-order valence-corrected chi connectivity index (χ2v) is 6.10. The highest BCUT2D eigenvalue weighted by atomic mass is 35.5. The maximum Gasteiger partial charge on any atom is 0.344 e. The van der Waals surface area contributed by atoms with Crippen LogP contribution in [-0.4, -0.2) is 38.3 Å². The molecule has 0 aromatic heterocycles. The molecule has 0 unspecified atom stereocenters. The SMILES string of the molecule is CCOc1ccc(OCC(=O)O[C@H](C)C(=O)Nc2cc(Cl)ccc2OC)cc1. The number of hydrogen-bond acceptors (Lipinski definition) is 6. The minimum Gasteiger partial charge on any atom is -0.495 e. The third-order valence-electron chi connectivity index (χ3n) is 3.59. The highest BCUT2D eigenvalue weighted by Crippen LogP contribution is 2.27. The van der Waals surface area contributed by atoms with Crippen LogP contribution in [0.15, 0.2) is 42.5 Å². The number of benzene rings is 2. The first kappa shape index (κ1) is 21.4. The summed E-state index contributed by atoms with van der Waals surface area (Å²) < 4.78 is 20.9. The molecule has 0 aliphatic heterocycles. The molecule has 0 radical (unpaired) electrons. The number of rotatable bonds is 9. The number of methoxy groups -OCH3 is 1. The highest BCUT2D eigenvalue weighted by Gasteiger charge is 2.19. The molecule has 150 valence electrons. The van der Waals surface area contributed by atoms with Crippen molar-refractivity contribution in [2.24, 2.45) is 0 Å². The fourth-order valence-electron chi connectivity index (χ4n) is 2.24. The van der Waals surface area contributed by atoms with E-state index in [1.165, 1.54) is 14.0 Å². The zero-order chi connectivity index (χ0) is 20.5. The number of halogens is 1. The molecule has 0 bridgehead atoms. The van der Waals surface area contributed by atoms with E-state index in [-0.39, 0.29) is 6.61 Å². The van der Waals surface area contributed by atoms with Crippen LogP contribution in [0.25, 0.3) is 0 Å².